The van der Waals surface area contributed by atoms with Crippen molar-refractivity contribution in [3.8, 4) is 0 Å². The fraction of sp³-hybridized carbons (Fsp3) is 0.345. The second kappa shape index (κ2) is 13.6. The van der Waals surface area contributed by atoms with Crippen LogP contribution in [-0.4, -0.2) is 70.5 Å². The number of nitrogens with two attached hydrogens (primary N) is 1. The van der Waals surface area contributed by atoms with Crippen molar-refractivity contribution in [1.29, 1.82) is 0 Å². The van der Waals surface area contributed by atoms with Gasteiger partial charge < -0.3 is 30.2 Å². The standard InChI is InChI=1S/C29H36N4O4/c1-35-18-19-37-29(34)24-10-11-28(27(30)20-24)31-25-8-5-9-26(21-25)33-14-12-32(13-15-33)16-17-36-22-23-6-3-2-4-7-23/h2-11,20-21,31H,12-19,22,30H2,1H3. The molecule has 0 aliphatic carbocycles. The summed E-state index contributed by atoms with van der Waals surface area (Å²) in [6.45, 7) is 6.83. The highest BCUT2D eigenvalue weighted by Gasteiger charge is 2.17. The van der Waals surface area contributed by atoms with Crippen molar-refractivity contribution in [3.05, 3.63) is 83.9 Å². The molecule has 0 atom stereocenters. The largest absolute Gasteiger partial charge is 0.460 e. The van der Waals surface area contributed by atoms with E-state index in [1.54, 1.807) is 25.3 Å². The molecule has 1 heterocycles. The van der Waals surface area contributed by atoms with Gasteiger partial charge in [0.05, 0.1) is 36.8 Å². The lowest BCUT2D eigenvalue weighted by atomic mass is 10.1. The van der Waals surface area contributed by atoms with Crippen LogP contribution in [-0.2, 0) is 20.8 Å². The molecule has 1 aliphatic heterocycles. The fourth-order valence-corrected chi connectivity index (χ4v) is 4.23. The third-order valence-electron chi connectivity index (χ3n) is 6.33. The maximum Gasteiger partial charge on any atom is 0.338 e. The summed E-state index contributed by atoms with van der Waals surface area (Å²) < 4.78 is 15.9. The number of carbonyl (C=O) groups is 1. The lowest BCUT2D eigenvalue weighted by molar-refractivity contribution is 0.0388. The third-order valence-corrected chi connectivity index (χ3v) is 6.33. The summed E-state index contributed by atoms with van der Waals surface area (Å²) in [5.41, 5.74) is 11.2. The highest BCUT2D eigenvalue weighted by Crippen LogP contribution is 2.27. The number of nitrogens with zero attached hydrogens (tertiary/aromatic N) is 2. The van der Waals surface area contributed by atoms with Crippen LogP contribution in [0.5, 0.6) is 0 Å². The third kappa shape index (κ3) is 7.95. The monoisotopic (exact) mass is 504 g/mol. The van der Waals surface area contributed by atoms with Gasteiger partial charge in [-0.25, -0.2) is 4.79 Å². The number of methoxy groups -OCH3 is 1. The average molecular weight is 505 g/mol. The van der Waals surface area contributed by atoms with Crippen LogP contribution in [0, 0.1) is 0 Å². The van der Waals surface area contributed by atoms with E-state index in [0.717, 1.165) is 50.7 Å². The molecule has 196 valence electrons. The van der Waals surface area contributed by atoms with E-state index in [2.05, 4.69) is 39.4 Å². The number of nitrogen functional groups attached to an aromatic ring is 1. The molecular weight excluding hydrogens is 468 g/mol. The van der Waals surface area contributed by atoms with Gasteiger partial charge in [0, 0.05) is 51.2 Å². The van der Waals surface area contributed by atoms with E-state index in [4.69, 9.17) is 19.9 Å². The Morgan fingerprint density at radius 2 is 1.73 bits per heavy atom. The van der Waals surface area contributed by atoms with Crippen molar-refractivity contribution in [2.75, 3.05) is 75.6 Å². The molecule has 0 saturated carbocycles. The second-order valence-corrected chi connectivity index (χ2v) is 8.97. The zero-order valence-corrected chi connectivity index (χ0v) is 21.4. The first-order valence-electron chi connectivity index (χ1n) is 12.6. The average Bonchev–Trinajstić information content (AvgIpc) is 2.93. The number of hydrogen-bond donors (Lipinski definition) is 2. The number of ether oxygens (including phenoxy) is 3. The minimum absolute atomic E-state index is 0.207. The summed E-state index contributed by atoms with van der Waals surface area (Å²) in [7, 11) is 1.56. The van der Waals surface area contributed by atoms with Gasteiger partial charge in [0.1, 0.15) is 6.61 Å². The maximum atomic E-state index is 12.1. The van der Waals surface area contributed by atoms with Crippen molar-refractivity contribution in [2.24, 2.45) is 0 Å². The fourth-order valence-electron chi connectivity index (χ4n) is 4.23. The molecule has 37 heavy (non-hydrogen) atoms. The summed E-state index contributed by atoms with van der Waals surface area (Å²) in [6.07, 6.45) is 0. The minimum atomic E-state index is -0.417. The Bertz CT molecular complexity index is 1130. The number of carbonyl (C=O) groups excluding carboxylic acids is 1. The lowest BCUT2D eigenvalue weighted by Crippen LogP contribution is -2.47. The van der Waals surface area contributed by atoms with Crippen LogP contribution in [0.2, 0.25) is 0 Å². The smallest absolute Gasteiger partial charge is 0.338 e. The highest BCUT2D eigenvalue weighted by atomic mass is 16.6. The molecule has 0 aromatic heterocycles. The van der Waals surface area contributed by atoms with Crippen LogP contribution in [0.25, 0.3) is 0 Å². The van der Waals surface area contributed by atoms with Crippen LogP contribution in [0.3, 0.4) is 0 Å². The van der Waals surface area contributed by atoms with Crippen LogP contribution < -0.4 is 16.0 Å². The van der Waals surface area contributed by atoms with Crippen molar-refractivity contribution >= 4 is 28.7 Å². The summed E-state index contributed by atoms with van der Waals surface area (Å²) in [4.78, 5) is 17.0. The van der Waals surface area contributed by atoms with E-state index in [9.17, 15) is 4.79 Å². The van der Waals surface area contributed by atoms with Gasteiger partial charge in [-0.15, -0.1) is 0 Å². The zero-order chi connectivity index (χ0) is 25.9. The van der Waals surface area contributed by atoms with Crippen LogP contribution >= 0.6 is 0 Å². The molecule has 0 unspecified atom stereocenters. The Morgan fingerprint density at radius 1 is 0.919 bits per heavy atom. The molecule has 1 fully saturated rings. The van der Waals surface area contributed by atoms with Crippen molar-refractivity contribution in [3.63, 3.8) is 0 Å². The van der Waals surface area contributed by atoms with E-state index in [1.165, 1.54) is 11.3 Å². The van der Waals surface area contributed by atoms with Crippen LogP contribution in [0.15, 0.2) is 72.8 Å². The molecule has 0 bridgehead atoms. The van der Waals surface area contributed by atoms with E-state index in [0.29, 0.717) is 24.5 Å². The highest BCUT2D eigenvalue weighted by molar-refractivity contribution is 5.92. The Hall–Kier alpha value is -3.59. The van der Waals surface area contributed by atoms with Crippen molar-refractivity contribution < 1.29 is 19.0 Å². The second-order valence-electron chi connectivity index (χ2n) is 8.97. The molecular formula is C29H36N4O4. The number of hydrogen-bond acceptors (Lipinski definition) is 8. The predicted octanol–water partition coefficient (Wildman–Crippen LogP) is 4.15. The summed E-state index contributed by atoms with van der Waals surface area (Å²) in [6, 6.07) is 23.7. The van der Waals surface area contributed by atoms with Gasteiger partial charge in [-0.05, 0) is 42.0 Å². The molecule has 1 aliphatic rings. The molecule has 0 radical (unpaired) electrons. The first kappa shape index (κ1) is 26.5. The molecule has 8 heteroatoms. The number of benzene rings is 3. The molecule has 0 spiro atoms. The Balaban J connectivity index is 1.25. The number of esters is 1. The quantitative estimate of drug-likeness (QED) is 0.216. The first-order valence-corrected chi connectivity index (χ1v) is 12.6. The Morgan fingerprint density at radius 3 is 2.49 bits per heavy atom. The molecule has 3 N–H and O–H groups in total. The Kier molecular flexibility index (Phi) is 9.76. The molecule has 3 aromatic rings. The number of piperazine rings is 1. The van der Waals surface area contributed by atoms with E-state index >= 15 is 0 Å². The van der Waals surface area contributed by atoms with E-state index in [1.807, 2.05) is 30.3 Å². The van der Waals surface area contributed by atoms with Crippen LogP contribution in [0.1, 0.15) is 15.9 Å². The first-order chi connectivity index (χ1) is 18.1. The molecule has 8 nitrogen and oxygen atoms in total. The summed E-state index contributed by atoms with van der Waals surface area (Å²) >= 11 is 0. The normalized spacial score (nSPS) is 13.9. The Labute approximate surface area is 218 Å². The van der Waals surface area contributed by atoms with E-state index < -0.39 is 5.97 Å². The predicted molar refractivity (Wildman–Crippen MR) is 147 cm³/mol. The van der Waals surface area contributed by atoms with E-state index in [-0.39, 0.29) is 6.61 Å². The van der Waals surface area contributed by atoms with Gasteiger partial charge in [-0.1, -0.05) is 36.4 Å². The SMILES string of the molecule is COCCOC(=O)c1ccc(Nc2cccc(N3CCN(CCOCc4ccccc4)CC3)c2)c(N)c1. The number of nitrogens with one attached hydrogen (secondary N) is 1. The topological polar surface area (TPSA) is 89.3 Å². The van der Waals surface area contributed by atoms with Gasteiger partial charge in [0.2, 0.25) is 0 Å². The summed E-state index contributed by atoms with van der Waals surface area (Å²) in [5, 5.41) is 3.38. The van der Waals surface area contributed by atoms with Gasteiger partial charge >= 0.3 is 5.97 Å². The lowest BCUT2D eigenvalue weighted by Gasteiger charge is -2.36. The van der Waals surface area contributed by atoms with Crippen molar-refractivity contribution in [1.82, 2.24) is 4.90 Å². The van der Waals surface area contributed by atoms with Crippen LogP contribution in [0.4, 0.5) is 22.7 Å². The zero-order valence-electron chi connectivity index (χ0n) is 21.4. The van der Waals surface area contributed by atoms with Gasteiger partial charge in [-0.2, -0.15) is 0 Å². The molecule has 3 aromatic carbocycles. The number of rotatable bonds is 12. The maximum absolute atomic E-state index is 12.1. The molecule has 1 saturated heterocycles. The van der Waals surface area contributed by atoms with Gasteiger partial charge in [0.15, 0.2) is 0 Å². The number of anilines is 4. The van der Waals surface area contributed by atoms with Crippen molar-refractivity contribution in [2.45, 2.75) is 6.61 Å². The van der Waals surface area contributed by atoms with Gasteiger partial charge in [0.25, 0.3) is 0 Å². The minimum Gasteiger partial charge on any atom is -0.460 e. The van der Waals surface area contributed by atoms with Gasteiger partial charge in [-0.3, -0.25) is 4.90 Å². The summed E-state index contributed by atoms with van der Waals surface area (Å²) in [5.74, 6) is -0.417. The molecule has 0 amide bonds. The molecule has 4 rings (SSSR count).